The number of allylic oxidation sites excluding steroid dienone is 1. The number of nitrogens with zero attached hydrogens (tertiary/aromatic N) is 1. The zero-order valence-electron chi connectivity index (χ0n) is 12.6. The van der Waals surface area contributed by atoms with E-state index in [0.717, 1.165) is 11.1 Å². The van der Waals surface area contributed by atoms with Crippen LogP contribution in [-0.2, 0) is 4.84 Å². The quantitative estimate of drug-likeness (QED) is 0.524. The Kier molecular flexibility index (Phi) is 4.12. The van der Waals surface area contributed by atoms with Crippen LogP contribution in [-0.4, -0.2) is 11.6 Å². The Morgan fingerprint density at radius 2 is 2.05 bits per heavy atom. The van der Waals surface area contributed by atoms with Gasteiger partial charge in [-0.25, -0.2) is 5.48 Å². The molecule has 0 saturated heterocycles. The molecule has 0 atom stereocenters. The molecule has 1 aromatic carbocycles. The number of benzene rings is 1. The van der Waals surface area contributed by atoms with Gasteiger partial charge in [-0.2, -0.15) is 4.99 Å². The molecular formula is C16H18N2O3. The smallest absolute Gasteiger partial charge is 0.282 e. The number of hydrogen-bond acceptors (Lipinski definition) is 5. The first-order chi connectivity index (χ1) is 9.90. The number of aliphatic imine (C=N–C) groups is 1. The van der Waals surface area contributed by atoms with Crippen LogP contribution >= 0.6 is 0 Å². The summed E-state index contributed by atoms with van der Waals surface area (Å²) in [6, 6.07) is 3.50. The Morgan fingerprint density at radius 3 is 2.62 bits per heavy atom. The molecule has 110 valence electrons. The number of rotatable bonds is 4. The fourth-order valence-electron chi connectivity index (χ4n) is 1.90. The Labute approximate surface area is 123 Å². The Bertz CT molecular complexity index is 672. The number of Topliss-reactive ketones (excluding diaryl/α,β-unsaturated/α-hetero) is 1. The number of ketones is 1. The van der Waals surface area contributed by atoms with Gasteiger partial charge in [0.05, 0.1) is 0 Å². The van der Waals surface area contributed by atoms with Crippen molar-refractivity contribution in [1.82, 2.24) is 5.48 Å². The number of carbonyl (C=O) groups is 1. The van der Waals surface area contributed by atoms with Crippen LogP contribution in [0.3, 0.4) is 0 Å². The van der Waals surface area contributed by atoms with Gasteiger partial charge in [0.15, 0.2) is 12.0 Å². The van der Waals surface area contributed by atoms with Gasteiger partial charge >= 0.3 is 0 Å². The monoisotopic (exact) mass is 286 g/mol. The molecule has 0 aromatic heterocycles. The van der Waals surface area contributed by atoms with Crippen LogP contribution in [0.2, 0.25) is 0 Å². The van der Waals surface area contributed by atoms with Crippen LogP contribution < -0.4 is 10.2 Å². The van der Waals surface area contributed by atoms with Crippen molar-refractivity contribution in [2.24, 2.45) is 4.99 Å². The van der Waals surface area contributed by atoms with Gasteiger partial charge in [-0.1, -0.05) is 6.58 Å². The Morgan fingerprint density at radius 1 is 1.33 bits per heavy atom. The van der Waals surface area contributed by atoms with E-state index in [1.54, 1.807) is 26.0 Å². The maximum atomic E-state index is 12.0. The fraction of sp³-hybridized carbons (Fsp3) is 0.250. The van der Waals surface area contributed by atoms with Gasteiger partial charge in [-0.05, 0) is 56.5 Å². The van der Waals surface area contributed by atoms with E-state index >= 15 is 0 Å². The molecule has 1 aliphatic rings. The SMILES string of the molecule is C=C(C)C(=O)c1ccc(OC=C2N=C(C)NO2)c(C)c1C. The van der Waals surface area contributed by atoms with Crippen LogP contribution in [0.5, 0.6) is 5.75 Å². The van der Waals surface area contributed by atoms with Crippen molar-refractivity contribution in [3.63, 3.8) is 0 Å². The number of hydrogen-bond donors (Lipinski definition) is 1. The van der Waals surface area contributed by atoms with E-state index in [4.69, 9.17) is 9.57 Å². The van der Waals surface area contributed by atoms with Gasteiger partial charge in [-0.3, -0.25) is 4.79 Å². The van der Waals surface area contributed by atoms with Gasteiger partial charge < -0.3 is 9.57 Å². The van der Waals surface area contributed by atoms with Crippen LogP contribution in [0.15, 0.2) is 41.4 Å². The first kappa shape index (κ1) is 14.8. The lowest BCUT2D eigenvalue weighted by Crippen LogP contribution is -2.11. The molecule has 5 heteroatoms. The minimum Gasteiger partial charge on any atom is -0.459 e. The van der Waals surface area contributed by atoms with Crippen molar-refractivity contribution in [1.29, 1.82) is 0 Å². The molecule has 0 unspecified atom stereocenters. The summed E-state index contributed by atoms with van der Waals surface area (Å²) >= 11 is 0. The third-order valence-corrected chi connectivity index (χ3v) is 3.24. The van der Waals surface area contributed by atoms with Crippen LogP contribution in [0, 0.1) is 13.8 Å². The summed E-state index contributed by atoms with van der Waals surface area (Å²) < 4.78 is 5.58. The second-order valence-corrected chi connectivity index (χ2v) is 4.95. The largest absolute Gasteiger partial charge is 0.459 e. The van der Waals surface area contributed by atoms with E-state index in [1.165, 1.54) is 6.26 Å². The van der Waals surface area contributed by atoms with Gasteiger partial charge in [0, 0.05) is 5.56 Å². The average molecular weight is 286 g/mol. The highest BCUT2D eigenvalue weighted by Crippen LogP contribution is 2.26. The van der Waals surface area contributed by atoms with E-state index < -0.39 is 0 Å². The van der Waals surface area contributed by atoms with Gasteiger partial charge in [0.1, 0.15) is 11.6 Å². The first-order valence-electron chi connectivity index (χ1n) is 6.55. The van der Waals surface area contributed by atoms with Gasteiger partial charge in [-0.15, -0.1) is 0 Å². The summed E-state index contributed by atoms with van der Waals surface area (Å²) in [5.41, 5.74) is 5.55. The molecule has 0 fully saturated rings. The lowest BCUT2D eigenvalue weighted by Gasteiger charge is -2.12. The molecule has 0 spiro atoms. The summed E-state index contributed by atoms with van der Waals surface area (Å²) in [5, 5.41) is 0. The van der Waals surface area contributed by atoms with E-state index in [9.17, 15) is 4.79 Å². The number of amidine groups is 1. The number of carbonyl (C=O) groups excluding carboxylic acids is 1. The molecule has 1 aliphatic heterocycles. The minimum atomic E-state index is -0.0518. The van der Waals surface area contributed by atoms with Gasteiger partial charge in [0.25, 0.3) is 5.88 Å². The van der Waals surface area contributed by atoms with Crippen molar-refractivity contribution in [2.75, 3.05) is 0 Å². The normalized spacial score (nSPS) is 15.2. The molecule has 0 saturated carbocycles. The van der Waals surface area contributed by atoms with E-state index in [1.807, 2.05) is 13.8 Å². The molecule has 5 nitrogen and oxygen atoms in total. The van der Waals surface area contributed by atoms with E-state index in [0.29, 0.717) is 28.6 Å². The third kappa shape index (κ3) is 3.13. The predicted octanol–water partition coefficient (Wildman–Crippen LogP) is 3.19. The number of hydroxylamine groups is 1. The van der Waals surface area contributed by atoms with Crippen LogP contribution in [0.1, 0.15) is 35.3 Å². The molecule has 2 rings (SSSR count). The van der Waals surface area contributed by atoms with E-state index in [-0.39, 0.29) is 5.78 Å². The van der Waals surface area contributed by atoms with Crippen LogP contribution in [0.25, 0.3) is 0 Å². The van der Waals surface area contributed by atoms with E-state index in [2.05, 4.69) is 17.1 Å². The maximum Gasteiger partial charge on any atom is 0.282 e. The molecule has 1 aromatic rings. The summed E-state index contributed by atoms with van der Waals surface area (Å²) in [6.07, 6.45) is 1.42. The highest BCUT2D eigenvalue weighted by molar-refractivity contribution is 6.09. The van der Waals surface area contributed by atoms with Crippen LogP contribution in [0.4, 0.5) is 0 Å². The lowest BCUT2D eigenvalue weighted by atomic mass is 9.96. The molecule has 1 heterocycles. The van der Waals surface area contributed by atoms with Crippen molar-refractivity contribution in [2.45, 2.75) is 27.7 Å². The summed E-state index contributed by atoms with van der Waals surface area (Å²) in [4.78, 5) is 21.2. The molecule has 0 bridgehead atoms. The third-order valence-electron chi connectivity index (χ3n) is 3.24. The minimum absolute atomic E-state index is 0.0518. The fourth-order valence-corrected chi connectivity index (χ4v) is 1.90. The highest BCUT2D eigenvalue weighted by Gasteiger charge is 2.14. The summed E-state index contributed by atoms with van der Waals surface area (Å²) in [6.45, 7) is 11.0. The predicted molar refractivity (Wildman–Crippen MR) is 81.1 cm³/mol. The maximum absolute atomic E-state index is 12.0. The average Bonchev–Trinajstić information content (AvgIpc) is 2.85. The zero-order chi connectivity index (χ0) is 15.6. The number of nitrogens with one attached hydrogen (secondary N) is 1. The molecule has 0 radical (unpaired) electrons. The number of ether oxygens (including phenoxy) is 1. The lowest BCUT2D eigenvalue weighted by molar-refractivity contribution is 0.103. The summed E-state index contributed by atoms with van der Waals surface area (Å²) in [7, 11) is 0. The second kappa shape index (κ2) is 5.83. The topological polar surface area (TPSA) is 59.9 Å². The summed E-state index contributed by atoms with van der Waals surface area (Å²) in [5.74, 6) is 1.62. The highest BCUT2D eigenvalue weighted by atomic mass is 16.7. The Hall–Kier alpha value is -2.56. The molecule has 1 N–H and O–H groups in total. The molecule has 0 aliphatic carbocycles. The Balaban J connectivity index is 2.25. The van der Waals surface area contributed by atoms with Crippen molar-refractivity contribution in [3.05, 3.63) is 53.1 Å². The van der Waals surface area contributed by atoms with Gasteiger partial charge in [0.2, 0.25) is 0 Å². The van der Waals surface area contributed by atoms with Crippen molar-refractivity contribution < 1.29 is 14.4 Å². The second-order valence-electron chi connectivity index (χ2n) is 4.95. The van der Waals surface area contributed by atoms with Crippen molar-refractivity contribution in [3.8, 4) is 5.75 Å². The first-order valence-corrected chi connectivity index (χ1v) is 6.55. The van der Waals surface area contributed by atoms with Crippen molar-refractivity contribution >= 4 is 11.6 Å². The zero-order valence-corrected chi connectivity index (χ0v) is 12.6. The molecule has 0 amide bonds. The molecule has 21 heavy (non-hydrogen) atoms. The molecular weight excluding hydrogens is 268 g/mol. The standard InChI is InChI=1S/C16H18N2O3/c1-9(2)16(19)13-6-7-14(11(4)10(13)3)20-8-15-17-12(5)18-21-15/h6-8H,1H2,2-5H3,(H,17,18).